The maximum Gasteiger partial charge on any atom is 0.420 e. The molecule has 0 aliphatic carbocycles. The molecule has 210 valence electrons. The Morgan fingerprint density at radius 1 is 1.31 bits per heavy atom. The van der Waals surface area contributed by atoms with Gasteiger partial charge in [0.25, 0.3) is 0 Å². The molecule has 9 N–H and O–H groups in total. The minimum Gasteiger partial charge on any atom is -0.394 e. The summed E-state index contributed by atoms with van der Waals surface area (Å²) in [6.07, 6.45) is -2.50. The number of hydrazine groups is 1. The fourth-order valence-electron chi connectivity index (χ4n) is 5.04. The van der Waals surface area contributed by atoms with Gasteiger partial charge in [-0.15, -0.1) is 4.78 Å². The van der Waals surface area contributed by atoms with Crippen LogP contribution in [0.1, 0.15) is 11.5 Å². The number of carbonyl (C=O) groups is 1. The van der Waals surface area contributed by atoms with Crippen LogP contribution in [-0.2, 0) is 14.1 Å². The number of likely N-dealkylation sites (N-methyl/N-ethyl adjacent to an activating group) is 1. The monoisotopic (exact) mass is 564 g/mol. The van der Waals surface area contributed by atoms with Gasteiger partial charge in [-0.05, 0) is 11.6 Å². The van der Waals surface area contributed by atoms with E-state index in [0.29, 0.717) is 15.7 Å². The molecule has 1 saturated heterocycles. The summed E-state index contributed by atoms with van der Waals surface area (Å²) in [5.74, 6) is -1.60. The molecule has 5 atom stereocenters. The lowest BCUT2D eigenvalue weighted by Gasteiger charge is -2.36. The van der Waals surface area contributed by atoms with E-state index in [-0.39, 0.29) is 24.0 Å². The van der Waals surface area contributed by atoms with Crippen LogP contribution in [0.15, 0.2) is 36.8 Å². The molecule has 4 heterocycles. The maximum atomic E-state index is 13.1. The topological polar surface area (TPSA) is 234 Å². The zero-order valence-electron chi connectivity index (χ0n) is 20.7. The second-order valence-corrected chi connectivity index (χ2v) is 10.7. The van der Waals surface area contributed by atoms with Gasteiger partial charge >= 0.3 is 7.75 Å². The normalized spacial score (nSPS) is 24.0. The molecule has 2 aromatic heterocycles. The van der Waals surface area contributed by atoms with Crippen molar-refractivity contribution in [2.75, 3.05) is 42.5 Å². The van der Waals surface area contributed by atoms with E-state index in [2.05, 4.69) is 20.3 Å². The number of anilines is 3. The zero-order chi connectivity index (χ0) is 28.1. The molecule has 0 saturated carbocycles. The number of rotatable bonds is 8. The first kappa shape index (κ1) is 27.2. The van der Waals surface area contributed by atoms with Crippen molar-refractivity contribution in [3.8, 4) is 0 Å². The van der Waals surface area contributed by atoms with Crippen LogP contribution in [0, 0.1) is 0 Å². The highest BCUT2D eigenvalue weighted by Crippen LogP contribution is 2.50. The Morgan fingerprint density at radius 3 is 2.72 bits per heavy atom. The van der Waals surface area contributed by atoms with Crippen LogP contribution in [-0.4, -0.2) is 102 Å². The van der Waals surface area contributed by atoms with Gasteiger partial charge in [0.1, 0.15) is 37.0 Å². The van der Waals surface area contributed by atoms with Gasteiger partial charge in [-0.3, -0.25) is 9.80 Å². The third-order valence-electron chi connectivity index (χ3n) is 6.96. The quantitative estimate of drug-likeness (QED) is 0.144. The smallest absolute Gasteiger partial charge is 0.394 e. The number of H-pyrrole nitrogens is 1. The summed E-state index contributed by atoms with van der Waals surface area (Å²) in [6, 6.07) is 7.21. The molecule has 17 heteroatoms. The highest BCUT2D eigenvalue weighted by Gasteiger charge is 2.51. The number of aromatic nitrogens is 3. The van der Waals surface area contributed by atoms with Gasteiger partial charge in [-0.25, -0.2) is 14.5 Å². The number of ether oxygens (including phenoxy) is 1. The maximum absolute atomic E-state index is 13.1. The fourth-order valence-corrected chi connectivity index (χ4v) is 5.84. The number of nitrogen functional groups attached to an aromatic ring is 1. The summed E-state index contributed by atoms with van der Waals surface area (Å²) in [5.41, 5.74) is 7.39. The summed E-state index contributed by atoms with van der Waals surface area (Å²) >= 11 is 0. The van der Waals surface area contributed by atoms with Crippen molar-refractivity contribution in [3.63, 3.8) is 0 Å². The first-order valence-corrected chi connectivity index (χ1v) is 13.5. The van der Waals surface area contributed by atoms with E-state index in [1.54, 1.807) is 18.3 Å². The van der Waals surface area contributed by atoms with Gasteiger partial charge in [0, 0.05) is 30.7 Å². The van der Waals surface area contributed by atoms with Gasteiger partial charge in [0.2, 0.25) is 5.91 Å². The van der Waals surface area contributed by atoms with E-state index in [0.717, 1.165) is 16.9 Å². The molecule has 1 aromatic carbocycles. The Labute approximate surface area is 221 Å². The van der Waals surface area contributed by atoms with Crippen molar-refractivity contribution in [1.82, 2.24) is 25.0 Å². The van der Waals surface area contributed by atoms with Crippen LogP contribution in [0.5, 0.6) is 0 Å². The third-order valence-corrected chi connectivity index (χ3v) is 7.94. The number of nitrogens with one attached hydrogen (secondary N) is 2. The summed E-state index contributed by atoms with van der Waals surface area (Å²) in [6.45, 7) is -1.40. The number of hydrogen-bond donors (Lipinski definition) is 8. The SMILES string of the molecule is CNC(=O)C(CN(N1CN([C@@H]2O[C@H](CO)C(O)C2O)c2ncnc(N)c21)P(=O)(O)O)c1c[nH]c2ccccc12. The molecule has 2 aliphatic rings. The second-order valence-electron chi connectivity index (χ2n) is 9.20. The lowest BCUT2D eigenvalue weighted by molar-refractivity contribution is -0.122. The number of amides is 1. The second kappa shape index (κ2) is 10.3. The van der Waals surface area contributed by atoms with E-state index in [9.17, 15) is 34.5 Å². The molecular formula is C22H29N8O8P. The van der Waals surface area contributed by atoms with Gasteiger partial charge in [0.05, 0.1) is 12.5 Å². The number of aliphatic hydroxyl groups is 3. The number of fused-ring (bicyclic) bond motifs is 2. The Hall–Kier alpha value is -3.34. The van der Waals surface area contributed by atoms with E-state index in [1.165, 1.54) is 11.9 Å². The lowest BCUT2D eigenvalue weighted by Crippen LogP contribution is -2.50. The number of carbonyl (C=O) groups excluding carboxylic acids is 1. The van der Waals surface area contributed by atoms with Crippen LogP contribution in [0.25, 0.3) is 10.9 Å². The molecule has 2 aliphatic heterocycles. The average molecular weight is 564 g/mol. The lowest BCUT2D eigenvalue weighted by atomic mass is 9.97. The van der Waals surface area contributed by atoms with Crippen LogP contribution in [0.4, 0.5) is 17.3 Å². The van der Waals surface area contributed by atoms with Crippen molar-refractivity contribution < 1.29 is 39.2 Å². The number of hydrogen-bond acceptors (Lipinski definition) is 11. The highest BCUT2D eigenvalue weighted by atomic mass is 31.2. The van der Waals surface area contributed by atoms with Crippen LogP contribution in [0.2, 0.25) is 0 Å². The Morgan fingerprint density at radius 2 is 2.05 bits per heavy atom. The minimum absolute atomic E-state index is 0.00754. The van der Waals surface area contributed by atoms with Gasteiger partial charge in [0.15, 0.2) is 17.9 Å². The Bertz CT molecular complexity index is 1420. The van der Waals surface area contributed by atoms with E-state index < -0.39 is 57.3 Å². The number of benzene rings is 1. The molecule has 3 unspecified atom stereocenters. The van der Waals surface area contributed by atoms with Gasteiger partial charge in [-0.1, -0.05) is 18.2 Å². The van der Waals surface area contributed by atoms with Crippen LogP contribution in [0.3, 0.4) is 0 Å². The molecule has 16 nitrogen and oxygen atoms in total. The fraction of sp³-hybridized carbons (Fsp3) is 0.409. The predicted molar refractivity (Wildman–Crippen MR) is 138 cm³/mol. The molecule has 1 amide bonds. The van der Waals surface area contributed by atoms with Crippen molar-refractivity contribution in [2.45, 2.75) is 30.5 Å². The molecule has 0 spiro atoms. The minimum atomic E-state index is -5.13. The van der Waals surface area contributed by atoms with Crippen molar-refractivity contribution >= 4 is 41.9 Å². The summed E-state index contributed by atoms with van der Waals surface area (Å²) in [5, 5.41) is 34.8. The number of aliphatic hydroxyl groups excluding tert-OH is 3. The molecular weight excluding hydrogens is 535 g/mol. The Balaban J connectivity index is 1.56. The summed E-state index contributed by atoms with van der Waals surface area (Å²) < 4.78 is 19.3. The molecule has 0 bridgehead atoms. The number of nitrogens with two attached hydrogens (primary N) is 1. The Kier molecular flexibility index (Phi) is 7.21. The largest absolute Gasteiger partial charge is 0.420 e. The molecule has 5 rings (SSSR count). The number of nitrogens with zero attached hydrogens (tertiary/aromatic N) is 5. The van der Waals surface area contributed by atoms with Crippen LogP contribution >= 0.6 is 7.75 Å². The first-order chi connectivity index (χ1) is 18.6. The van der Waals surface area contributed by atoms with Crippen molar-refractivity contribution in [3.05, 3.63) is 42.4 Å². The third kappa shape index (κ3) is 4.70. The van der Waals surface area contributed by atoms with E-state index in [1.807, 2.05) is 12.1 Å². The van der Waals surface area contributed by atoms with E-state index in [4.69, 9.17) is 10.5 Å². The van der Waals surface area contributed by atoms with Gasteiger partial charge in [-0.2, -0.15) is 0 Å². The summed E-state index contributed by atoms with van der Waals surface area (Å²) in [4.78, 5) is 46.6. The zero-order valence-corrected chi connectivity index (χ0v) is 21.6. The summed E-state index contributed by atoms with van der Waals surface area (Å²) in [7, 11) is -3.71. The van der Waals surface area contributed by atoms with Crippen LogP contribution < -0.4 is 21.0 Å². The average Bonchev–Trinajstić information content (AvgIpc) is 3.58. The number of para-hydroxylation sites is 1. The molecule has 0 radical (unpaired) electrons. The standard InChI is InChI=1S/C22H29N8O8P/c1-24-21(34)13(12-6-25-14-5-3-2-4-11(12)14)7-30(39(35,36)37)29-10-28(20-16(29)19(23)26-9-27-20)22-18(33)17(32)15(8-31)38-22/h2-6,9,13,15,17-18,22,25,31-33H,7-8,10H2,1H3,(H,24,34)(H2,23,26,27)(H2,35,36,37)/t13?,15-,17?,18?,22-/m1/s1. The molecule has 3 aromatic rings. The van der Waals surface area contributed by atoms with Crippen molar-refractivity contribution in [2.24, 2.45) is 0 Å². The highest BCUT2D eigenvalue weighted by molar-refractivity contribution is 7.49. The number of aromatic amines is 1. The van der Waals surface area contributed by atoms with Gasteiger partial charge < -0.3 is 50.8 Å². The van der Waals surface area contributed by atoms with E-state index >= 15 is 0 Å². The molecule has 1 fully saturated rings. The molecule has 39 heavy (non-hydrogen) atoms. The van der Waals surface area contributed by atoms with Crippen molar-refractivity contribution in [1.29, 1.82) is 0 Å². The predicted octanol–water partition coefficient (Wildman–Crippen LogP) is -1.60. The first-order valence-electron chi connectivity index (χ1n) is 11.9.